The molecule has 3 N–H and O–H groups in total. The van der Waals surface area contributed by atoms with Crippen molar-refractivity contribution in [2.45, 2.75) is 25.9 Å². The van der Waals surface area contributed by atoms with Crippen LogP contribution >= 0.6 is 11.6 Å². The largest absolute Gasteiger partial charge is 0.384 e. The zero-order valence-corrected chi connectivity index (χ0v) is 15.9. The van der Waals surface area contributed by atoms with Crippen molar-refractivity contribution in [1.82, 2.24) is 10.3 Å². The number of carbonyl (C=O) groups excluding carboxylic acids is 1. The van der Waals surface area contributed by atoms with Crippen LogP contribution in [-0.4, -0.2) is 22.5 Å². The molecule has 0 saturated heterocycles. The van der Waals surface area contributed by atoms with Gasteiger partial charge in [-0.3, -0.25) is 9.59 Å². The second-order valence-electron chi connectivity index (χ2n) is 6.94. The molecule has 0 fully saturated rings. The van der Waals surface area contributed by atoms with Gasteiger partial charge in [-0.15, -0.1) is 0 Å². The number of H-pyrrole nitrogens is 1. The van der Waals surface area contributed by atoms with E-state index in [9.17, 15) is 14.7 Å². The number of aromatic nitrogens is 1. The lowest BCUT2D eigenvalue weighted by atomic mass is 9.96. The fraction of sp³-hybridized carbons (Fsp3) is 0.238. The second kappa shape index (κ2) is 7.55. The Morgan fingerprint density at radius 3 is 2.59 bits per heavy atom. The molecule has 0 aliphatic carbocycles. The lowest BCUT2D eigenvalue weighted by molar-refractivity contribution is -0.121. The van der Waals surface area contributed by atoms with Gasteiger partial charge in [0.2, 0.25) is 5.91 Å². The van der Waals surface area contributed by atoms with Crippen LogP contribution in [-0.2, 0) is 16.8 Å². The predicted octanol–water partition coefficient (Wildman–Crippen LogP) is 3.06. The number of nitrogens with one attached hydrogen (secondary N) is 2. The first-order valence-corrected chi connectivity index (χ1v) is 9.00. The van der Waals surface area contributed by atoms with Gasteiger partial charge >= 0.3 is 0 Å². The maximum absolute atomic E-state index is 12.3. The Hall–Kier alpha value is -2.63. The van der Waals surface area contributed by atoms with Crippen molar-refractivity contribution in [2.24, 2.45) is 0 Å². The van der Waals surface area contributed by atoms with Crippen LogP contribution in [0.3, 0.4) is 0 Å². The van der Waals surface area contributed by atoms with Gasteiger partial charge in [-0.1, -0.05) is 29.8 Å². The first-order valence-electron chi connectivity index (χ1n) is 8.62. The Morgan fingerprint density at radius 1 is 1.19 bits per heavy atom. The number of fused-ring (bicyclic) bond motifs is 1. The minimum atomic E-state index is -1.19. The molecule has 0 spiro atoms. The summed E-state index contributed by atoms with van der Waals surface area (Å²) < 4.78 is 0. The summed E-state index contributed by atoms with van der Waals surface area (Å²) in [6.07, 6.45) is 0.185. The molecule has 0 aliphatic rings. The summed E-state index contributed by atoms with van der Waals surface area (Å²) in [6.45, 7) is 3.48. The summed E-state index contributed by atoms with van der Waals surface area (Å²) in [4.78, 5) is 26.8. The number of pyridine rings is 1. The molecule has 0 aliphatic heterocycles. The highest BCUT2D eigenvalue weighted by Crippen LogP contribution is 2.21. The average molecular weight is 385 g/mol. The van der Waals surface area contributed by atoms with Crippen molar-refractivity contribution >= 4 is 28.4 Å². The maximum atomic E-state index is 12.3. The highest BCUT2D eigenvalue weighted by Gasteiger charge is 2.23. The monoisotopic (exact) mass is 384 g/mol. The Bertz CT molecular complexity index is 1040. The van der Waals surface area contributed by atoms with E-state index in [0.29, 0.717) is 16.1 Å². The van der Waals surface area contributed by atoms with Gasteiger partial charge in [0, 0.05) is 16.1 Å². The van der Waals surface area contributed by atoms with Gasteiger partial charge in [-0.2, -0.15) is 0 Å². The summed E-state index contributed by atoms with van der Waals surface area (Å²) in [6, 6.07) is 14.2. The number of benzene rings is 2. The number of amides is 1. The van der Waals surface area contributed by atoms with E-state index in [1.54, 1.807) is 50.2 Å². The SMILES string of the molecule is Cc1cc2cc(CC(=O)NCC(C)(O)c3ccc(Cl)cc3)ccc2[nH]c1=O. The Morgan fingerprint density at radius 2 is 1.89 bits per heavy atom. The van der Waals surface area contributed by atoms with Crippen LogP contribution in [0.2, 0.25) is 5.02 Å². The molecule has 6 heteroatoms. The van der Waals surface area contributed by atoms with Gasteiger partial charge in [0.25, 0.3) is 5.56 Å². The van der Waals surface area contributed by atoms with Crippen LogP contribution in [0.4, 0.5) is 0 Å². The molecule has 1 atom stereocenters. The van der Waals surface area contributed by atoms with Gasteiger partial charge in [-0.05, 0) is 60.7 Å². The summed E-state index contributed by atoms with van der Waals surface area (Å²) in [5, 5.41) is 14.8. The average Bonchev–Trinajstić information content (AvgIpc) is 2.62. The molecular formula is C21H21ClN2O3. The molecule has 1 amide bonds. The predicted molar refractivity (Wildman–Crippen MR) is 107 cm³/mol. The van der Waals surface area contributed by atoms with E-state index in [1.165, 1.54) is 0 Å². The number of hydrogen-bond acceptors (Lipinski definition) is 3. The van der Waals surface area contributed by atoms with Gasteiger partial charge in [0.05, 0.1) is 13.0 Å². The lowest BCUT2D eigenvalue weighted by Gasteiger charge is -2.24. The number of aromatic amines is 1. The minimum absolute atomic E-state index is 0.0907. The van der Waals surface area contributed by atoms with E-state index in [0.717, 1.165) is 16.5 Å². The molecule has 27 heavy (non-hydrogen) atoms. The molecule has 0 bridgehead atoms. The maximum Gasteiger partial charge on any atom is 0.251 e. The van der Waals surface area contributed by atoms with Crippen LogP contribution < -0.4 is 10.9 Å². The smallest absolute Gasteiger partial charge is 0.251 e. The molecule has 1 heterocycles. The number of halogens is 1. The summed E-state index contributed by atoms with van der Waals surface area (Å²) in [7, 11) is 0. The molecule has 3 rings (SSSR count). The fourth-order valence-electron chi connectivity index (χ4n) is 2.90. The third-order valence-corrected chi connectivity index (χ3v) is 4.81. The number of aliphatic hydroxyl groups is 1. The van der Waals surface area contributed by atoms with Crippen molar-refractivity contribution in [3.8, 4) is 0 Å². The van der Waals surface area contributed by atoms with Gasteiger partial charge in [0.1, 0.15) is 5.60 Å². The third kappa shape index (κ3) is 4.56. The van der Waals surface area contributed by atoms with E-state index in [-0.39, 0.29) is 24.4 Å². The number of hydrogen-bond donors (Lipinski definition) is 3. The quantitative estimate of drug-likeness (QED) is 0.632. The highest BCUT2D eigenvalue weighted by molar-refractivity contribution is 6.30. The van der Waals surface area contributed by atoms with Gasteiger partial charge < -0.3 is 15.4 Å². The van der Waals surface area contributed by atoms with Crippen LogP contribution in [0, 0.1) is 6.92 Å². The topological polar surface area (TPSA) is 82.2 Å². The van der Waals surface area contributed by atoms with Crippen molar-refractivity contribution in [3.05, 3.63) is 80.6 Å². The second-order valence-corrected chi connectivity index (χ2v) is 7.37. The summed E-state index contributed by atoms with van der Waals surface area (Å²) in [5.74, 6) is -0.190. The molecule has 140 valence electrons. The van der Waals surface area contributed by atoms with E-state index in [2.05, 4.69) is 10.3 Å². The molecule has 2 aromatic carbocycles. The number of carbonyl (C=O) groups is 1. The van der Waals surface area contributed by atoms with Gasteiger partial charge in [-0.25, -0.2) is 0 Å². The van der Waals surface area contributed by atoms with Crippen LogP contribution in [0.1, 0.15) is 23.6 Å². The molecule has 0 saturated carbocycles. The summed E-state index contributed by atoms with van der Waals surface area (Å²) >= 11 is 5.87. The standard InChI is InChI=1S/C21H21ClN2O3/c1-13-9-15-10-14(3-8-18(15)24-20(13)26)11-19(25)23-12-21(2,27)16-4-6-17(22)7-5-16/h3-10,27H,11-12H2,1-2H3,(H,23,25)(H,24,26). The van der Waals surface area contributed by atoms with Gasteiger partial charge in [0.15, 0.2) is 0 Å². The molecular weight excluding hydrogens is 364 g/mol. The van der Waals surface area contributed by atoms with Crippen LogP contribution in [0.15, 0.2) is 53.3 Å². The van der Waals surface area contributed by atoms with Crippen molar-refractivity contribution < 1.29 is 9.90 Å². The summed E-state index contributed by atoms with van der Waals surface area (Å²) in [5.41, 5.74) is 1.57. The number of rotatable bonds is 5. The molecule has 1 aromatic heterocycles. The molecule has 1 unspecified atom stereocenters. The van der Waals surface area contributed by atoms with E-state index < -0.39 is 5.60 Å². The first-order chi connectivity index (χ1) is 12.7. The molecule has 5 nitrogen and oxygen atoms in total. The fourth-order valence-corrected chi connectivity index (χ4v) is 3.03. The third-order valence-electron chi connectivity index (χ3n) is 4.55. The van der Waals surface area contributed by atoms with Crippen LogP contribution in [0.5, 0.6) is 0 Å². The zero-order chi connectivity index (χ0) is 19.6. The number of aryl methyl sites for hydroxylation is 1. The van der Waals surface area contributed by atoms with E-state index in [1.807, 2.05) is 12.1 Å². The Labute approximate surface area is 162 Å². The normalized spacial score (nSPS) is 13.3. The van der Waals surface area contributed by atoms with E-state index in [4.69, 9.17) is 11.6 Å². The Kier molecular flexibility index (Phi) is 5.35. The molecule has 3 aromatic rings. The lowest BCUT2D eigenvalue weighted by Crippen LogP contribution is -2.39. The highest BCUT2D eigenvalue weighted by atomic mass is 35.5. The van der Waals surface area contributed by atoms with E-state index >= 15 is 0 Å². The van der Waals surface area contributed by atoms with Crippen molar-refractivity contribution in [2.75, 3.05) is 6.54 Å². The van der Waals surface area contributed by atoms with Crippen LogP contribution in [0.25, 0.3) is 10.9 Å². The zero-order valence-electron chi connectivity index (χ0n) is 15.2. The van der Waals surface area contributed by atoms with Crippen molar-refractivity contribution in [3.63, 3.8) is 0 Å². The molecule has 0 radical (unpaired) electrons. The minimum Gasteiger partial charge on any atom is -0.384 e. The van der Waals surface area contributed by atoms with Crippen molar-refractivity contribution in [1.29, 1.82) is 0 Å². The first kappa shape index (κ1) is 19.1. The Balaban J connectivity index is 1.66.